The van der Waals surface area contributed by atoms with Crippen molar-refractivity contribution in [2.75, 3.05) is 4.72 Å². The van der Waals surface area contributed by atoms with Gasteiger partial charge >= 0.3 is 0 Å². The third kappa shape index (κ3) is 5.25. The van der Waals surface area contributed by atoms with Crippen molar-refractivity contribution >= 4 is 15.7 Å². The molecule has 6 heteroatoms. The highest BCUT2D eigenvalue weighted by Gasteiger charge is 2.13. The average molecular weight is 337 g/mol. The van der Waals surface area contributed by atoms with Crippen LogP contribution in [0.3, 0.4) is 0 Å². The summed E-state index contributed by atoms with van der Waals surface area (Å²) >= 11 is 0. The molecular formula is C17H20FNO3S. The summed E-state index contributed by atoms with van der Waals surface area (Å²) in [6, 6.07) is 10.5. The van der Waals surface area contributed by atoms with Crippen molar-refractivity contribution in [2.45, 2.75) is 32.6 Å². The molecule has 0 aliphatic heterocycles. The molecule has 4 nitrogen and oxygen atoms in total. The zero-order chi connectivity index (χ0) is 17.0. The van der Waals surface area contributed by atoms with Crippen molar-refractivity contribution in [2.24, 2.45) is 0 Å². The molecule has 0 radical (unpaired) electrons. The van der Waals surface area contributed by atoms with Gasteiger partial charge in [0.25, 0.3) is 0 Å². The minimum absolute atomic E-state index is 0.0507. The summed E-state index contributed by atoms with van der Waals surface area (Å²) in [5.41, 5.74) is 1.84. The van der Waals surface area contributed by atoms with Crippen LogP contribution in [0.15, 0.2) is 42.5 Å². The Morgan fingerprint density at radius 1 is 1.13 bits per heavy atom. The third-order valence-corrected chi connectivity index (χ3v) is 4.34. The lowest BCUT2D eigenvalue weighted by Gasteiger charge is -2.14. The number of aryl methyl sites for hydroxylation is 1. The molecule has 0 unspecified atom stereocenters. The molecule has 0 fully saturated rings. The lowest BCUT2D eigenvalue weighted by molar-refractivity contribution is 0.241. The standard InChI is InChI=1S/C17H20FNO3S/c1-12(2)22-17-9-8-16(10-13(17)3)19-23(20,21)11-14-4-6-15(18)7-5-14/h4-10,12,19H,11H2,1-3H3. The van der Waals surface area contributed by atoms with Crippen molar-refractivity contribution in [1.82, 2.24) is 0 Å². The number of benzene rings is 2. The predicted molar refractivity (Wildman–Crippen MR) is 89.6 cm³/mol. The number of hydrogen-bond acceptors (Lipinski definition) is 3. The Balaban J connectivity index is 2.11. The highest BCUT2D eigenvalue weighted by atomic mass is 32.2. The number of rotatable bonds is 6. The van der Waals surface area contributed by atoms with Crippen LogP contribution in [0.4, 0.5) is 10.1 Å². The Kier molecular flexibility index (Phi) is 5.26. The Bertz CT molecular complexity index is 771. The van der Waals surface area contributed by atoms with Crippen LogP contribution in [-0.4, -0.2) is 14.5 Å². The summed E-state index contributed by atoms with van der Waals surface area (Å²) in [6.07, 6.45) is 0.0507. The predicted octanol–water partition coefficient (Wildman–Crippen LogP) is 3.86. The number of anilines is 1. The molecule has 0 aromatic heterocycles. The third-order valence-electron chi connectivity index (χ3n) is 3.08. The first kappa shape index (κ1) is 17.3. The topological polar surface area (TPSA) is 55.4 Å². The highest BCUT2D eigenvalue weighted by molar-refractivity contribution is 7.91. The molecule has 0 bridgehead atoms. The van der Waals surface area contributed by atoms with Gasteiger partial charge in [0.2, 0.25) is 10.0 Å². The molecule has 2 rings (SSSR count). The first-order chi connectivity index (χ1) is 10.7. The molecule has 0 atom stereocenters. The van der Waals surface area contributed by atoms with Gasteiger partial charge in [-0.05, 0) is 62.2 Å². The fraction of sp³-hybridized carbons (Fsp3) is 0.294. The molecule has 0 saturated carbocycles. The molecule has 0 heterocycles. The van der Waals surface area contributed by atoms with Gasteiger partial charge in [0.05, 0.1) is 11.9 Å². The lowest BCUT2D eigenvalue weighted by Crippen LogP contribution is -2.15. The zero-order valence-corrected chi connectivity index (χ0v) is 14.2. The number of nitrogens with one attached hydrogen (secondary N) is 1. The smallest absolute Gasteiger partial charge is 0.236 e. The van der Waals surface area contributed by atoms with Gasteiger partial charge in [-0.2, -0.15) is 0 Å². The fourth-order valence-corrected chi connectivity index (χ4v) is 3.30. The van der Waals surface area contributed by atoms with Crippen molar-refractivity contribution < 1.29 is 17.5 Å². The number of hydrogen-bond donors (Lipinski definition) is 1. The van der Waals surface area contributed by atoms with Crippen molar-refractivity contribution in [3.63, 3.8) is 0 Å². The zero-order valence-electron chi connectivity index (χ0n) is 13.3. The van der Waals surface area contributed by atoms with Crippen LogP contribution in [0, 0.1) is 12.7 Å². The molecule has 0 aliphatic rings. The summed E-state index contributed by atoms with van der Waals surface area (Å²) < 4.78 is 45.4. The summed E-state index contributed by atoms with van der Waals surface area (Å²) in [5.74, 6) is 0.119. The largest absolute Gasteiger partial charge is 0.491 e. The Morgan fingerprint density at radius 3 is 2.35 bits per heavy atom. The number of halogens is 1. The van der Waals surface area contributed by atoms with Gasteiger partial charge in [0.1, 0.15) is 11.6 Å². The van der Waals surface area contributed by atoms with Crippen LogP contribution in [-0.2, 0) is 15.8 Å². The molecule has 2 aromatic rings. The normalized spacial score (nSPS) is 11.5. The fourth-order valence-electron chi connectivity index (χ4n) is 2.11. The maximum absolute atomic E-state index is 12.9. The average Bonchev–Trinajstić information content (AvgIpc) is 2.43. The molecule has 0 amide bonds. The SMILES string of the molecule is Cc1cc(NS(=O)(=O)Cc2ccc(F)cc2)ccc1OC(C)C. The van der Waals surface area contributed by atoms with Gasteiger partial charge in [-0.1, -0.05) is 12.1 Å². The second-order valence-electron chi connectivity index (χ2n) is 5.63. The van der Waals surface area contributed by atoms with Gasteiger partial charge in [0, 0.05) is 5.69 Å². The van der Waals surface area contributed by atoms with E-state index in [0.717, 1.165) is 11.3 Å². The van der Waals surface area contributed by atoms with E-state index in [4.69, 9.17) is 4.74 Å². The molecule has 124 valence electrons. The Morgan fingerprint density at radius 2 is 1.78 bits per heavy atom. The quantitative estimate of drug-likeness (QED) is 0.871. The summed E-state index contributed by atoms with van der Waals surface area (Å²) in [7, 11) is -3.57. The first-order valence-electron chi connectivity index (χ1n) is 7.27. The Labute approximate surface area is 136 Å². The lowest BCUT2D eigenvalue weighted by atomic mass is 10.2. The van der Waals surface area contributed by atoms with Crippen LogP contribution in [0.5, 0.6) is 5.75 Å². The molecule has 1 N–H and O–H groups in total. The van der Waals surface area contributed by atoms with Crippen molar-refractivity contribution in [3.8, 4) is 5.75 Å². The van der Waals surface area contributed by atoms with Crippen LogP contribution in [0.1, 0.15) is 25.0 Å². The van der Waals surface area contributed by atoms with E-state index >= 15 is 0 Å². The van der Waals surface area contributed by atoms with Crippen LogP contribution in [0.2, 0.25) is 0 Å². The highest BCUT2D eigenvalue weighted by Crippen LogP contribution is 2.24. The summed E-state index contributed by atoms with van der Waals surface area (Å²) in [6.45, 7) is 5.72. The number of ether oxygens (including phenoxy) is 1. The van der Waals surface area contributed by atoms with Crippen LogP contribution >= 0.6 is 0 Å². The maximum Gasteiger partial charge on any atom is 0.236 e. The van der Waals surface area contributed by atoms with Gasteiger partial charge in [-0.25, -0.2) is 12.8 Å². The van der Waals surface area contributed by atoms with Gasteiger partial charge in [0.15, 0.2) is 0 Å². The first-order valence-corrected chi connectivity index (χ1v) is 8.92. The van der Waals surface area contributed by atoms with E-state index in [2.05, 4.69) is 4.72 Å². The molecular weight excluding hydrogens is 317 g/mol. The van der Waals surface area contributed by atoms with E-state index in [-0.39, 0.29) is 11.9 Å². The van der Waals surface area contributed by atoms with E-state index in [0.29, 0.717) is 11.3 Å². The van der Waals surface area contributed by atoms with Crippen LogP contribution in [0.25, 0.3) is 0 Å². The molecule has 0 saturated heterocycles. The van der Waals surface area contributed by atoms with E-state index in [1.807, 2.05) is 20.8 Å². The minimum atomic E-state index is -3.57. The van der Waals surface area contributed by atoms with E-state index in [1.165, 1.54) is 24.3 Å². The van der Waals surface area contributed by atoms with E-state index < -0.39 is 15.8 Å². The van der Waals surface area contributed by atoms with Crippen LogP contribution < -0.4 is 9.46 Å². The number of sulfonamides is 1. The monoisotopic (exact) mass is 337 g/mol. The summed E-state index contributed by atoms with van der Waals surface area (Å²) in [4.78, 5) is 0. The van der Waals surface area contributed by atoms with Crippen molar-refractivity contribution in [3.05, 3.63) is 59.4 Å². The maximum atomic E-state index is 12.9. The molecule has 0 aliphatic carbocycles. The van der Waals surface area contributed by atoms with Gasteiger partial charge < -0.3 is 4.74 Å². The van der Waals surface area contributed by atoms with Crippen molar-refractivity contribution in [1.29, 1.82) is 0 Å². The second kappa shape index (κ2) is 7.00. The molecule has 23 heavy (non-hydrogen) atoms. The van der Waals surface area contributed by atoms with Gasteiger partial charge in [-0.3, -0.25) is 4.72 Å². The molecule has 2 aromatic carbocycles. The second-order valence-corrected chi connectivity index (χ2v) is 7.36. The van der Waals surface area contributed by atoms with Gasteiger partial charge in [-0.15, -0.1) is 0 Å². The Hall–Kier alpha value is -2.08. The minimum Gasteiger partial charge on any atom is -0.491 e. The van der Waals surface area contributed by atoms with E-state index in [9.17, 15) is 12.8 Å². The molecule has 0 spiro atoms. The van der Waals surface area contributed by atoms with E-state index in [1.54, 1.807) is 18.2 Å². The summed E-state index contributed by atoms with van der Waals surface area (Å²) in [5, 5.41) is 0.